The maximum absolute atomic E-state index is 11.9. The summed E-state index contributed by atoms with van der Waals surface area (Å²) in [6, 6.07) is 0. The highest BCUT2D eigenvalue weighted by Crippen LogP contribution is 2.25. The van der Waals surface area contributed by atoms with E-state index in [9.17, 15) is 9.59 Å². The van der Waals surface area contributed by atoms with Gasteiger partial charge in [0.05, 0.1) is 11.8 Å². The van der Waals surface area contributed by atoms with Crippen LogP contribution in [0.3, 0.4) is 0 Å². The van der Waals surface area contributed by atoms with Gasteiger partial charge in [0.1, 0.15) is 0 Å². The minimum atomic E-state index is -0.887. The van der Waals surface area contributed by atoms with Crippen molar-refractivity contribution in [3.05, 3.63) is 12.2 Å². The molecule has 5 nitrogen and oxygen atoms in total. The van der Waals surface area contributed by atoms with Crippen molar-refractivity contribution >= 4 is 11.9 Å². The smallest absolute Gasteiger partial charge is 0.307 e. The highest BCUT2D eigenvalue weighted by atomic mass is 16.4. The lowest BCUT2D eigenvalue weighted by atomic mass is 9.82. The van der Waals surface area contributed by atoms with Gasteiger partial charge in [-0.2, -0.15) is 0 Å². The van der Waals surface area contributed by atoms with E-state index in [2.05, 4.69) is 5.32 Å². The Morgan fingerprint density at radius 3 is 2.41 bits per heavy atom. The van der Waals surface area contributed by atoms with E-state index in [4.69, 9.17) is 5.11 Å². The molecule has 0 heterocycles. The van der Waals surface area contributed by atoms with Gasteiger partial charge in [0.15, 0.2) is 0 Å². The molecule has 5 heteroatoms. The molecule has 0 aromatic carbocycles. The lowest BCUT2D eigenvalue weighted by Gasteiger charge is -2.24. The van der Waals surface area contributed by atoms with E-state index < -0.39 is 17.8 Å². The largest absolute Gasteiger partial charge is 0.481 e. The van der Waals surface area contributed by atoms with Crippen LogP contribution in [0.25, 0.3) is 0 Å². The number of carboxylic acid groups (broad SMARTS) is 1. The molecule has 0 radical (unpaired) electrons. The third-order valence-electron chi connectivity index (χ3n) is 2.94. The third-order valence-corrected chi connectivity index (χ3v) is 2.94. The van der Waals surface area contributed by atoms with Crippen molar-refractivity contribution < 1.29 is 14.7 Å². The Morgan fingerprint density at radius 1 is 1.29 bits per heavy atom. The Balaban J connectivity index is 2.48. The van der Waals surface area contributed by atoms with Crippen LogP contribution in [0.2, 0.25) is 0 Å². The lowest BCUT2D eigenvalue weighted by Crippen LogP contribution is -2.41. The molecule has 0 aromatic rings. The first kappa shape index (κ1) is 13.7. The third kappa shape index (κ3) is 4.19. The molecule has 0 fully saturated rings. The van der Waals surface area contributed by atoms with Gasteiger partial charge in [-0.15, -0.1) is 0 Å². The molecule has 96 valence electrons. The van der Waals surface area contributed by atoms with Crippen LogP contribution < -0.4 is 5.32 Å². The SMILES string of the molecule is CN(C)CCNC(=O)C1CC=CCC1C(=O)O. The number of likely N-dealkylation sites (N-methyl/N-ethyl adjacent to an activating group) is 1. The fraction of sp³-hybridized carbons (Fsp3) is 0.667. The molecule has 2 atom stereocenters. The number of hydrogen-bond donors (Lipinski definition) is 2. The van der Waals surface area contributed by atoms with Crippen LogP contribution in [0.1, 0.15) is 12.8 Å². The van der Waals surface area contributed by atoms with Gasteiger partial charge >= 0.3 is 5.97 Å². The van der Waals surface area contributed by atoms with Gasteiger partial charge in [0.2, 0.25) is 5.91 Å². The van der Waals surface area contributed by atoms with Crippen molar-refractivity contribution in [1.82, 2.24) is 10.2 Å². The first-order valence-electron chi connectivity index (χ1n) is 5.82. The summed E-state index contributed by atoms with van der Waals surface area (Å²) in [6.45, 7) is 1.31. The molecule has 1 rings (SSSR count). The average molecular weight is 240 g/mol. The molecular formula is C12H20N2O3. The summed E-state index contributed by atoms with van der Waals surface area (Å²) in [6.07, 6.45) is 4.68. The van der Waals surface area contributed by atoms with Crippen molar-refractivity contribution in [2.75, 3.05) is 27.2 Å². The summed E-state index contributed by atoms with van der Waals surface area (Å²) >= 11 is 0. The number of rotatable bonds is 5. The van der Waals surface area contributed by atoms with Crippen molar-refractivity contribution in [3.63, 3.8) is 0 Å². The number of aliphatic carboxylic acids is 1. The average Bonchev–Trinajstić information content (AvgIpc) is 2.28. The number of carboxylic acids is 1. The van der Waals surface area contributed by atoms with Gasteiger partial charge in [0, 0.05) is 13.1 Å². The summed E-state index contributed by atoms with van der Waals surface area (Å²) in [4.78, 5) is 24.9. The topological polar surface area (TPSA) is 69.6 Å². The maximum atomic E-state index is 11.9. The van der Waals surface area contributed by atoms with E-state index in [1.807, 2.05) is 31.1 Å². The van der Waals surface area contributed by atoms with E-state index in [1.54, 1.807) is 0 Å². The number of amides is 1. The van der Waals surface area contributed by atoms with Gasteiger partial charge in [0.25, 0.3) is 0 Å². The van der Waals surface area contributed by atoms with E-state index in [-0.39, 0.29) is 5.91 Å². The molecule has 1 aliphatic rings. The van der Waals surface area contributed by atoms with E-state index >= 15 is 0 Å². The minimum absolute atomic E-state index is 0.149. The molecule has 2 unspecified atom stereocenters. The second-order valence-corrected chi connectivity index (χ2v) is 4.59. The van der Waals surface area contributed by atoms with Crippen LogP contribution >= 0.6 is 0 Å². The molecule has 0 saturated heterocycles. The van der Waals surface area contributed by atoms with Crippen LogP contribution in [0.15, 0.2) is 12.2 Å². The Labute approximate surface area is 101 Å². The Hall–Kier alpha value is -1.36. The van der Waals surface area contributed by atoms with Crippen LogP contribution in [0, 0.1) is 11.8 Å². The van der Waals surface area contributed by atoms with Crippen molar-refractivity contribution in [3.8, 4) is 0 Å². The highest BCUT2D eigenvalue weighted by molar-refractivity contribution is 5.85. The highest BCUT2D eigenvalue weighted by Gasteiger charge is 2.33. The normalized spacial score (nSPS) is 23.7. The van der Waals surface area contributed by atoms with E-state index in [0.29, 0.717) is 19.4 Å². The second kappa shape index (κ2) is 6.39. The summed E-state index contributed by atoms with van der Waals surface area (Å²) in [5.41, 5.74) is 0. The minimum Gasteiger partial charge on any atom is -0.481 e. The Morgan fingerprint density at radius 2 is 1.88 bits per heavy atom. The molecule has 0 spiro atoms. The number of hydrogen-bond acceptors (Lipinski definition) is 3. The molecule has 2 N–H and O–H groups in total. The second-order valence-electron chi connectivity index (χ2n) is 4.59. The monoisotopic (exact) mass is 240 g/mol. The van der Waals surface area contributed by atoms with E-state index in [1.165, 1.54) is 0 Å². The van der Waals surface area contributed by atoms with E-state index in [0.717, 1.165) is 6.54 Å². The fourth-order valence-corrected chi connectivity index (χ4v) is 1.91. The maximum Gasteiger partial charge on any atom is 0.307 e. The zero-order valence-corrected chi connectivity index (χ0v) is 10.3. The van der Waals surface area contributed by atoms with Gasteiger partial charge in [-0.1, -0.05) is 12.2 Å². The van der Waals surface area contributed by atoms with Gasteiger partial charge in [-0.05, 0) is 26.9 Å². The number of allylic oxidation sites excluding steroid dienone is 2. The predicted octanol–water partition coefficient (Wildman–Crippen LogP) is 0.331. The molecule has 0 saturated carbocycles. The molecule has 17 heavy (non-hydrogen) atoms. The number of nitrogens with one attached hydrogen (secondary N) is 1. The molecule has 1 amide bonds. The summed E-state index contributed by atoms with van der Waals surface area (Å²) in [5, 5.41) is 11.8. The summed E-state index contributed by atoms with van der Waals surface area (Å²) < 4.78 is 0. The summed E-state index contributed by atoms with van der Waals surface area (Å²) in [7, 11) is 3.85. The fourth-order valence-electron chi connectivity index (χ4n) is 1.91. The van der Waals surface area contributed by atoms with Crippen LogP contribution in [0.5, 0.6) is 0 Å². The molecule has 1 aliphatic carbocycles. The Bertz CT molecular complexity index is 313. The van der Waals surface area contributed by atoms with Gasteiger partial charge in [-0.3, -0.25) is 9.59 Å². The first-order valence-corrected chi connectivity index (χ1v) is 5.82. The molecule has 0 aliphatic heterocycles. The zero-order chi connectivity index (χ0) is 12.8. The number of carbonyl (C=O) groups is 2. The Kier molecular flexibility index (Phi) is 5.15. The predicted molar refractivity (Wildman–Crippen MR) is 64.6 cm³/mol. The standard InChI is InChI=1S/C12H20N2O3/c1-14(2)8-7-13-11(15)9-5-3-4-6-10(9)12(16)17/h3-4,9-10H,5-8H2,1-2H3,(H,13,15)(H,16,17). The van der Waals surface area contributed by atoms with Crippen molar-refractivity contribution in [1.29, 1.82) is 0 Å². The number of carbonyl (C=O) groups excluding carboxylic acids is 1. The number of nitrogens with zero attached hydrogens (tertiary/aromatic N) is 1. The zero-order valence-electron chi connectivity index (χ0n) is 10.3. The first-order chi connectivity index (χ1) is 8.02. The molecule has 0 bridgehead atoms. The van der Waals surface area contributed by atoms with Crippen LogP contribution in [0.4, 0.5) is 0 Å². The lowest BCUT2D eigenvalue weighted by molar-refractivity contribution is -0.147. The van der Waals surface area contributed by atoms with Gasteiger partial charge in [-0.25, -0.2) is 0 Å². The van der Waals surface area contributed by atoms with Gasteiger partial charge < -0.3 is 15.3 Å². The van der Waals surface area contributed by atoms with Crippen molar-refractivity contribution in [2.45, 2.75) is 12.8 Å². The van der Waals surface area contributed by atoms with Crippen molar-refractivity contribution in [2.24, 2.45) is 11.8 Å². The summed E-state index contributed by atoms with van der Waals surface area (Å²) in [5.74, 6) is -2.05. The van der Waals surface area contributed by atoms with Crippen LogP contribution in [-0.4, -0.2) is 49.1 Å². The molecular weight excluding hydrogens is 220 g/mol. The quantitative estimate of drug-likeness (QED) is 0.679. The van der Waals surface area contributed by atoms with Crippen LogP contribution in [-0.2, 0) is 9.59 Å². The molecule has 0 aromatic heterocycles.